The second-order valence-electron chi connectivity index (χ2n) is 34.9. The van der Waals surface area contributed by atoms with Crippen molar-refractivity contribution >= 4 is 97.9 Å². The summed E-state index contributed by atoms with van der Waals surface area (Å²) in [6, 6.07) is 28.9. The summed E-state index contributed by atoms with van der Waals surface area (Å²) in [5.41, 5.74) is 17.4. The van der Waals surface area contributed by atoms with Gasteiger partial charge in [-0.15, -0.1) is 0 Å². The molecule has 628 valence electrons. The number of nitrogens with zero attached hydrogens (tertiary/aromatic N) is 18. The van der Waals surface area contributed by atoms with E-state index in [9.17, 15) is 14.4 Å². The molecule has 6 bridgehead atoms. The number of methoxy groups -OCH3 is 3. The van der Waals surface area contributed by atoms with Crippen molar-refractivity contribution in [1.82, 2.24) is 73.4 Å². The van der Waals surface area contributed by atoms with Gasteiger partial charge in [-0.25, -0.2) is 39.4 Å². The minimum atomic E-state index is -0.279. The van der Waals surface area contributed by atoms with Crippen molar-refractivity contribution in [3.8, 4) is 51.3 Å². The molecule has 9 fully saturated rings. The van der Waals surface area contributed by atoms with Crippen LogP contribution in [0.4, 0.5) is 69.0 Å². The number of rotatable bonds is 30. The van der Waals surface area contributed by atoms with Crippen molar-refractivity contribution in [2.24, 2.45) is 23.3 Å². The highest BCUT2D eigenvalue weighted by molar-refractivity contribution is 6.04. The third-order valence-electron chi connectivity index (χ3n) is 25.5. The summed E-state index contributed by atoms with van der Waals surface area (Å²) in [7, 11) is 26.1. The van der Waals surface area contributed by atoms with Crippen LogP contribution in [-0.2, 0) is 34.3 Å². The second kappa shape index (κ2) is 32.4. The Morgan fingerprint density at radius 2 is 0.884 bits per heavy atom. The van der Waals surface area contributed by atoms with Crippen molar-refractivity contribution < 1.29 is 28.6 Å². The molecule has 121 heavy (non-hydrogen) atoms. The molecule has 8 heterocycles. The SMILES string of the molecule is C=CC(=O)Nc1cc(Nc2nccc(-c3cnc4ccccn34)n2)c(OC)cc1N(C)C12CC(CN(C)C)(C1)C2.C=CC(=O)Nc1cc(Nc2nccc(-c3cnn4ccccc34)n2)c(OC)cc1N(C)C12CC(CN(C)C)(C1)C2.C=CC(=O)Nc1cc(Nc2nccc(-c3nn(C)c4c3CCCC4)n2)c(OC)cc1N(C)C12CC(CN(C)C)(C1)C2. The zero-order valence-corrected chi connectivity index (χ0v) is 71.4. The minimum Gasteiger partial charge on any atom is -0.494 e. The summed E-state index contributed by atoms with van der Waals surface area (Å²) >= 11 is 0. The van der Waals surface area contributed by atoms with Crippen LogP contribution in [0.2, 0.25) is 0 Å². The van der Waals surface area contributed by atoms with Crippen molar-refractivity contribution in [2.45, 2.75) is 100 Å². The molecule has 3 aromatic carbocycles. The molecule has 0 saturated heterocycles. The molecule has 0 unspecified atom stereocenters. The van der Waals surface area contributed by atoms with Gasteiger partial charge in [-0.05, 0) is 221 Å². The van der Waals surface area contributed by atoms with Crippen molar-refractivity contribution in [3.05, 3.63) is 184 Å². The average Bonchev–Trinajstić information content (AvgIpc) is 0.879. The molecule has 3 amide bonds. The Morgan fingerprint density at radius 3 is 1.32 bits per heavy atom. The van der Waals surface area contributed by atoms with Crippen LogP contribution >= 0.6 is 0 Å². The fourth-order valence-electron chi connectivity index (χ4n) is 20.6. The minimum absolute atomic E-state index is 0.0923. The molecule has 0 atom stereocenters. The Bertz CT molecular complexity index is 5550. The van der Waals surface area contributed by atoms with E-state index in [0.717, 1.165) is 159 Å². The van der Waals surface area contributed by atoms with Crippen LogP contribution < -0.4 is 60.8 Å². The second-order valence-corrected chi connectivity index (χ2v) is 34.9. The lowest BCUT2D eigenvalue weighted by molar-refractivity contribution is -0.143. The molecule has 0 spiro atoms. The zero-order chi connectivity index (χ0) is 85.1. The molecule has 9 saturated carbocycles. The number of pyridine rings is 2. The first kappa shape index (κ1) is 81.9. The van der Waals surface area contributed by atoms with Gasteiger partial charge in [-0.2, -0.15) is 10.2 Å². The third-order valence-corrected chi connectivity index (χ3v) is 25.5. The van der Waals surface area contributed by atoms with Gasteiger partial charge >= 0.3 is 0 Å². The molecule has 30 heteroatoms. The van der Waals surface area contributed by atoms with Crippen LogP contribution in [0.25, 0.3) is 45.2 Å². The molecule has 0 aliphatic heterocycles. The first-order chi connectivity index (χ1) is 58.1. The number of carbonyl (C=O) groups excluding carboxylic acids is 3. The van der Waals surface area contributed by atoms with E-state index < -0.39 is 0 Å². The highest BCUT2D eigenvalue weighted by atomic mass is 16.5. The lowest BCUT2D eigenvalue weighted by Crippen LogP contribution is -2.76. The summed E-state index contributed by atoms with van der Waals surface area (Å²) < 4.78 is 23.2. The molecule has 11 aromatic rings. The van der Waals surface area contributed by atoms with Crippen LogP contribution in [-0.4, -0.2) is 212 Å². The van der Waals surface area contributed by atoms with Crippen molar-refractivity contribution in [1.29, 1.82) is 0 Å². The van der Waals surface area contributed by atoms with Crippen LogP contribution in [0.5, 0.6) is 17.2 Å². The predicted octanol–water partition coefficient (Wildman–Crippen LogP) is 13.7. The number of ether oxygens (including phenoxy) is 3. The Morgan fingerprint density at radius 1 is 0.479 bits per heavy atom. The Hall–Kier alpha value is -12.8. The molecule has 6 N–H and O–H groups in total. The monoisotopic (exact) mass is 1630 g/mol. The van der Waals surface area contributed by atoms with Gasteiger partial charge < -0.3 is 75.5 Å². The number of benzene rings is 3. The molecule has 8 aromatic heterocycles. The molecule has 10 aliphatic carbocycles. The quantitative estimate of drug-likeness (QED) is 0.0228. The average molecular weight is 1630 g/mol. The number of fused-ring (bicyclic) bond motifs is 3. The predicted molar refractivity (Wildman–Crippen MR) is 477 cm³/mol. The number of anilines is 12. The lowest BCUT2D eigenvalue weighted by Gasteiger charge is -2.74. The van der Waals surface area contributed by atoms with Gasteiger partial charge in [0.2, 0.25) is 35.6 Å². The molecule has 21 rings (SSSR count). The van der Waals surface area contributed by atoms with Gasteiger partial charge in [0, 0.05) is 130 Å². The standard InChI is InChI=1S/C31H40N8O2.2C30H34N8O2/c1-7-27(40)33-22-14-23(26(41-6)15-25(22)38(4)31-16-30(17-31,18-31)19-37(2)3)35-29-32-13-12-21(34-29)28-20-10-8-9-11-24(20)39(5)36-28;1-6-27(39)33-22-13-23(26(40-5)14-25(22)37(4)30-16-29(17-30,18-30)19-36(2)3)35-28-31-11-10-21(34-28)20-15-32-38-12-8-7-9-24(20)38;1-6-27(39)33-21-13-22(25(40-5)14-23(21)37(4)30-16-29(17-30,18-30)19-36(2)3)35-28-31-11-10-20(34-28)24-15-32-26-9-7-8-12-38(24)26/h7,12-15H,1,8-11,16-19H2,2-6H3,(H,33,40)(H,32,34,35);2*6-15H,1,16-19H2,2-5H3,(H,33,39)(H,31,34,35). The molecular weight excluding hydrogens is 1530 g/mol. The van der Waals surface area contributed by atoms with Gasteiger partial charge in [0.05, 0.1) is 113 Å². The van der Waals surface area contributed by atoms with Gasteiger partial charge in [0.1, 0.15) is 28.6 Å². The summed E-state index contributed by atoms with van der Waals surface area (Å²) in [6.45, 7) is 14.2. The summed E-state index contributed by atoms with van der Waals surface area (Å²) in [4.78, 5) is 83.3. The summed E-state index contributed by atoms with van der Waals surface area (Å²) in [5, 5.41) is 28.2. The number of hydrogen-bond donors (Lipinski definition) is 6. The van der Waals surface area contributed by atoms with Crippen molar-refractivity contribution in [2.75, 3.05) is 151 Å². The van der Waals surface area contributed by atoms with E-state index in [4.69, 9.17) is 34.3 Å². The van der Waals surface area contributed by atoms with Crippen LogP contribution in [0, 0.1) is 16.2 Å². The number of imidazole rings is 1. The first-order valence-corrected chi connectivity index (χ1v) is 41.0. The van der Waals surface area contributed by atoms with Crippen LogP contribution in [0.3, 0.4) is 0 Å². The number of carbonyl (C=O) groups is 3. The van der Waals surface area contributed by atoms with E-state index in [1.807, 2.05) is 124 Å². The highest BCUT2D eigenvalue weighted by Gasteiger charge is 2.71. The molecular formula is C91H108N24O6. The number of aryl methyl sites for hydroxylation is 1. The number of hydrogen-bond acceptors (Lipinski definition) is 24. The lowest BCUT2D eigenvalue weighted by atomic mass is 9.38. The van der Waals surface area contributed by atoms with E-state index in [1.54, 1.807) is 52.3 Å². The normalized spacial score (nSPS) is 21.4. The van der Waals surface area contributed by atoms with Gasteiger partial charge in [-0.1, -0.05) is 31.9 Å². The topological polar surface area (TPSA) is 300 Å². The maximum atomic E-state index is 12.5. The van der Waals surface area contributed by atoms with E-state index >= 15 is 0 Å². The fraction of sp³-hybridized carbons (Fsp3) is 0.385. The zero-order valence-electron chi connectivity index (χ0n) is 71.4. The molecule has 30 nitrogen and oxygen atoms in total. The number of aromatic nitrogens is 12. The maximum absolute atomic E-state index is 12.5. The molecule has 10 aliphatic rings. The highest BCUT2D eigenvalue weighted by Crippen LogP contribution is 2.73. The molecule has 0 radical (unpaired) electrons. The summed E-state index contributed by atoms with van der Waals surface area (Å²) in [5.74, 6) is 2.29. The number of amides is 3. The largest absolute Gasteiger partial charge is 0.494 e. The van der Waals surface area contributed by atoms with E-state index in [1.165, 1.54) is 35.9 Å². The number of nitrogens with one attached hydrogen (secondary N) is 6. The van der Waals surface area contributed by atoms with Crippen LogP contribution in [0.1, 0.15) is 81.9 Å². The summed E-state index contributed by atoms with van der Waals surface area (Å²) in [6.07, 6.45) is 31.1. The van der Waals surface area contributed by atoms with Crippen molar-refractivity contribution in [3.63, 3.8) is 0 Å². The van der Waals surface area contributed by atoms with E-state index in [2.05, 4.69) is 170 Å². The third kappa shape index (κ3) is 15.7. The van der Waals surface area contributed by atoms with Gasteiger partial charge in [-0.3, -0.25) is 23.5 Å². The van der Waals surface area contributed by atoms with Gasteiger partial charge in [0.25, 0.3) is 0 Å². The Balaban J connectivity index is 0.000000135. The Kier molecular flexibility index (Phi) is 21.9. The van der Waals surface area contributed by atoms with E-state index in [-0.39, 0.29) is 34.3 Å². The fourth-order valence-corrected chi connectivity index (χ4v) is 20.6. The van der Waals surface area contributed by atoms with Gasteiger partial charge in [0.15, 0.2) is 0 Å². The maximum Gasteiger partial charge on any atom is 0.247 e. The first-order valence-electron chi connectivity index (χ1n) is 41.0. The van der Waals surface area contributed by atoms with Crippen LogP contribution in [0.15, 0.2) is 172 Å². The van der Waals surface area contributed by atoms with E-state index in [0.29, 0.717) is 85.5 Å². The Labute approximate surface area is 705 Å². The smallest absolute Gasteiger partial charge is 0.247 e.